The number of rotatable bonds is 4. The fraction of sp³-hybridized carbons (Fsp3) is 0. The highest BCUT2D eigenvalue weighted by atomic mass is 16.3. The lowest BCUT2D eigenvalue weighted by Crippen LogP contribution is -2.00. The maximum absolute atomic E-state index is 6.74. The van der Waals surface area contributed by atoms with Crippen LogP contribution in [0.4, 0.5) is 0 Å². The van der Waals surface area contributed by atoms with Crippen molar-refractivity contribution in [3.8, 4) is 39.9 Å². The lowest BCUT2D eigenvalue weighted by molar-refractivity contribution is 0.669. The highest BCUT2D eigenvalue weighted by Crippen LogP contribution is 2.43. The van der Waals surface area contributed by atoms with Crippen molar-refractivity contribution in [2.75, 3.05) is 0 Å². The van der Waals surface area contributed by atoms with Crippen molar-refractivity contribution in [1.82, 2.24) is 19.5 Å². The van der Waals surface area contributed by atoms with Crippen molar-refractivity contribution in [2.45, 2.75) is 0 Å². The van der Waals surface area contributed by atoms with E-state index in [0.29, 0.717) is 17.5 Å². The van der Waals surface area contributed by atoms with Crippen LogP contribution in [0, 0.1) is 0 Å². The Kier molecular flexibility index (Phi) is 7.33. The molecule has 0 saturated carbocycles. The van der Waals surface area contributed by atoms with Crippen LogP contribution in [0.25, 0.3) is 137 Å². The summed E-state index contributed by atoms with van der Waals surface area (Å²) in [5.41, 5.74) is 7.74. The van der Waals surface area contributed by atoms with E-state index in [1.165, 1.54) is 54.1 Å². The molecule has 5 nitrogen and oxygen atoms in total. The minimum atomic E-state index is 0.587. The lowest BCUT2D eigenvalue weighted by Gasteiger charge is -2.12. The van der Waals surface area contributed by atoms with Gasteiger partial charge in [-0.3, -0.25) is 0 Å². The maximum Gasteiger partial charge on any atom is 0.164 e. The van der Waals surface area contributed by atoms with Crippen molar-refractivity contribution in [1.29, 1.82) is 0 Å². The third-order valence-electron chi connectivity index (χ3n) is 13.1. The fourth-order valence-corrected chi connectivity index (χ4v) is 10.0. The quantitative estimate of drug-likeness (QED) is 0.178. The molecule has 0 unspecified atom stereocenters. The minimum Gasteiger partial charge on any atom is -0.456 e. The van der Waals surface area contributed by atoms with Crippen LogP contribution in [0.3, 0.4) is 0 Å². The number of nitrogens with zero attached hydrogens (tertiary/aromatic N) is 4. The van der Waals surface area contributed by atoms with Gasteiger partial charge in [0.1, 0.15) is 11.2 Å². The summed E-state index contributed by atoms with van der Waals surface area (Å²) in [6.45, 7) is 0. The summed E-state index contributed by atoms with van der Waals surface area (Å²) in [7, 11) is 0. The summed E-state index contributed by atoms with van der Waals surface area (Å²) in [6, 6.07) is 73.5. The second-order valence-electron chi connectivity index (χ2n) is 16.8. The van der Waals surface area contributed by atoms with E-state index in [1.54, 1.807) is 0 Å². The Morgan fingerprint density at radius 2 is 0.781 bits per heavy atom. The highest BCUT2D eigenvalue weighted by Gasteiger charge is 2.21. The van der Waals surface area contributed by atoms with Crippen LogP contribution in [0.1, 0.15) is 0 Å². The van der Waals surface area contributed by atoms with E-state index in [4.69, 9.17) is 19.4 Å². The predicted molar refractivity (Wildman–Crippen MR) is 265 cm³/mol. The molecule has 0 aliphatic heterocycles. The van der Waals surface area contributed by atoms with Gasteiger partial charge >= 0.3 is 0 Å². The molecule has 0 N–H and O–H groups in total. The number of hydrogen-bond acceptors (Lipinski definition) is 4. The Hall–Kier alpha value is -8.67. The Morgan fingerprint density at radius 3 is 1.36 bits per heavy atom. The molecule has 11 aromatic carbocycles. The molecule has 0 saturated heterocycles. The van der Waals surface area contributed by atoms with Gasteiger partial charge in [-0.25, -0.2) is 15.0 Å². The molecule has 64 heavy (non-hydrogen) atoms. The smallest absolute Gasteiger partial charge is 0.164 e. The standard InChI is InChI=1S/C59H34N4O/c1-3-12-38-28-44(22-20-35(38)10-1)57-60-58(45-23-21-36-11-2-4-13-39(36)29-45)62-59(61-57)47-18-9-19-53-55(47)56-48-34-46(26-24-37(48)25-27-54(56)64-53)63-51-32-42-16-7-5-14-40(42)30-49(51)50-31-41-15-6-8-17-43(41)33-52(50)63/h1-34H. The summed E-state index contributed by atoms with van der Waals surface area (Å²) < 4.78 is 9.17. The number of benzene rings is 11. The largest absolute Gasteiger partial charge is 0.456 e. The Morgan fingerprint density at radius 1 is 0.312 bits per heavy atom. The molecule has 5 heteroatoms. The molecule has 0 aliphatic carbocycles. The topological polar surface area (TPSA) is 56.7 Å². The third-order valence-corrected chi connectivity index (χ3v) is 13.1. The fourth-order valence-electron chi connectivity index (χ4n) is 10.0. The lowest BCUT2D eigenvalue weighted by atomic mass is 9.99. The normalized spacial score (nSPS) is 12.1. The maximum atomic E-state index is 6.74. The molecule has 3 aromatic heterocycles. The molecule has 0 spiro atoms. The van der Waals surface area contributed by atoms with Gasteiger partial charge in [-0.2, -0.15) is 0 Å². The van der Waals surface area contributed by atoms with Crippen LogP contribution in [0.5, 0.6) is 0 Å². The van der Waals surface area contributed by atoms with Crippen molar-refractivity contribution >= 4 is 97.6 Å². The van der Waals surface area contributed by atoms with Gasteiger partial charge in [-0.05, 0) is 115 Å². The van der Waals surface area contributed by atoms with Crippen LogP contribution in [0.2, 0.25) is 0 Å². The van der Waals surface area contributed by atoms with Crippen LogP contribution < -0.4 is 0 Å². The van der Waals surface area contributed by atoms with Crippen LogP contribution >= 0.6 is 0 Å². The van der Waals surface area contributed by atoms with E-state index in [9.17, 15) is 0 Å². The molecule has 0 amide bonds. The molecule has 0 atom stereocenters. The Balaban J connectivity index is 1.03. The van der Waals surface area contributed by atoms with Gasteiger partial charge < -0.3 is 8.98 Å². The number of aromatic nitrogens is 4. The van der Waals surface area contributed by atoms with E-state index in [2.05, 4.69) is 199 Å². The molecule has 0 fully saturated rings. The average Bonchev–Trinajstić information content (AvgIpc) is 3.89. The average molecular weight is 815 g/mol. The van der Waals surface area contributed by atoms with Crippen LogP contribution in [0.15, 0.2) is 211 Å². The SMILES string of the molecule is c1ccc2cc(-c3nc(-c4ccc5ccccc5c4)nc(-c4cccc5oc6ccc7ccc(-n8c9cc%10ccccc%10cc9c9cc%10ccccc%10cc98)cc7c6c45)n3)ccc2c1. The van der Waals surface area contributed by atoms with E-state index in [-0.39, 0.29) is 0 Å². The van der Waals surface area contributed by atoms with E-state index >= 15 is 0 Å². The van der Waals surface area contributed by atoms with Gasteiger partial charge in [0.2, 0.25) is 0 Å². The predicted octanol–water partition coefficient (Wildman–Crippen LogP) is 15.6. The van der Waals surface area contributed by atoms with Crippen molar-refractivity contribution in [3.05, 3.63) is 206 Å². The second kappa shape index (κ2) is 13.4. The molecule has 14 aromatic rings. The monoisotopic (exact) mass is 814 g/mol. The zero-order chi connectivity index (χ0) is 41.9. The number of fused-ring (bicyclic) bond motifs is 12. The number of furan rings is 1. The van der Waals surface area contributed by atoms with Crippen LogP contribution in [-0.2, 0) is 0 Å². The zero-order valence-electron chi connectivity index (χ0n) is 34.3. The Labute approximate surface area is 366 Å². The summed E-state index contributed by atoms with van der Waals surface area (Å²) in [4.78, 5) is 15.8. The highest BCUT2D eigenvalue weighted by molar-refractivity contribution is 6.23. The molecule has 0 radical (unpaired) electrons. The summed E-state index contributed by atoms with van der Waals surface area (Å²) >= 11 is 0. The van der Waals surface area contributed by atoms with Gasteiger partial charge in [0.15, 0.2) is 17.5 Å². The van der Waals surface area contributed by atoms with E-state index < -0.39 is 0 Å². The van der Waals surface area contributed by atoms with Gasteiger partial charge in [-0.1, -0.05) is 146 Å². The van der Waals surface area contributed by atoms with Crippen molar-refractivity contribution in [3.63, 3.8) is 0 Å². The van der Waals surface area contributed by atoms with E-state index in [0.717, 1.165) is 65.9 Å². The van der Waals surface area contributed by atoms with E-state index in [1.807, 2.05) is 12.1 Å². The first kappa shape index (κ1) is 35.0. The minimum absolute atomic E-state index is 0.587. The Bertz CT molecular complexity index is 4080. The molecule has 3 heterocycles. The summed E-state index contributed by atoms with van der Waals surface area (Å²) in [6.07, 6.45) is 0. The van der Waals surface area contributed by atoms with Gasteiger partial charge in [-0.15, -0.1) is 0 Å². The molecule has 0 aliphatic rings. The van der Waals surface area contributed by atoms with Gasteiger partial charge in [0, 0.05) is 43.9 Å². The third kappa shape index (κ3) is 5.34. The zero-order valence-corrected chi connectivity index (χ0v) is 34.3. The first-order valence-electron chi connectivity index (χ1n) is 21.7. The van der Waals surface area contributed by atoms with Gasteiger partial charge in [0.05, 0.1) is 11.0 Å². The molecule has 0 bridgehead atoms. The molecule has 14 rings (SSSR count). The molecular formula is C59H34N4O. The molecule has 296 valence electrons. The first-order valence-corrected chi connectivity index (χ1v) is 21.7. The number of hydrogen-bond donors (Lipinski definition) is 0. The molecular weight excluding hydrogens is 781 g/mol. The second-order valence-corrected chi connectivity index (χ2v) is 16.8. The first-order chi connectivity index (χ1) is 31.7. The summed E-state index contributed by atoms with van der Waals surface area (Å²) in [5, 5.41) is 16.1. The van der Waals surface area contributed by atoms with Crippen molar-refractivity contribution in [2.24, 2.45) is 0 Å². The van der Waals surface area contributed by atoms with Crippen molar-refractivity contribution < 1.29 is 4.42 Å². The van der Waals surface area contributed by atoms with Crippen LogP contribution in [-0.4, -0.2) is 19.5 Å². The summed E-state index contributed by atoms with van der Waals surface area (Å²) in [5.74, 6) is 1.81. The van der Waals surface area contributed by atoms with Gasteiger partial charge in [0.25, 0.3) is 0 Å².